The summed E-state index contributed by atoms with van der Waals surface area (Å²) in [4.78, 5) is 2.17. The average Bonchev–Trinajstić information content (AvgIpc) is 2.16. The molecule has 0 aliphatic carbocycles. The van der Waals surface area contributed by atoms with Gasteiger partial charge in [-0.3, -0.25) is 0 Å². The summed E-state index contributed by atoms with van der Waals surface area (Å²) in [5, 5.41) is 9.51. The molecule has 3 nitrogen and oxygen atoms in total. The lowest BCUT2D eigenvalue weighted by atomic mass is 9.92. The number of hydrogen-bond donors (Lipinski definition) is 0. The van der Waals surface area contributed by atoms with Crippen molar-refractivity contribution in [1.29, 1.82) is 0 Å². The van der Waals surface area contributed by atoms with Crippen LogP contribution in [-0.4, -0.2) is 41.5 Å². The Hall–Kier alpha value is -0.610. The lowest BCUT2D eigenvalue weighted by Crippen LogP contribution is -2.15. The summed E-state index contributed by atoms with van der Waals surface area (Å²) in [6.45, 7) is 7.51. The van der Waals surface area contributed by atoms with Gasteiger partial charge in [0, 0.05) is 17.7 Å². The summed E-state index contributed by atoms with van der Waals surface area (Å²) in [5.74, 6) is 1.05. The molecule has 1 aromatic heterocycles. The molecule has 1 rings (SSSR count). The Balaban J connectivity index is 2.52. The second-order valence-corrected chi connectivity index (χ2v) is 6.27. The molecule has 16 heavy (non-hydrogen) atoms. The van der Waals surface area contributed by atoms with Crippen LogP contribution in [0.3, 0.4) is 0 Å². The zero-order valence-electron chi connectivity index (χ0n) is 10.8. The van der Waals surface area contributed by atoms with E-state index in [9.17, 15) is 0 Å². The monoisotopic (exact) mass is 239 g/mol. The molecule has 0 saturated carbocycles. The molecule has 0 aromatic carbocycles. The van der Waals surface area contributed by atoms with Crippen LogP contribution in [0.25, 0.3) is 0 Å². The Morgan fingerprint density at radius 1 is 1.19 bits per heavy atom. The minimum Gasteiger partial charge on any atom is -0.309 e. The van der Waals surface area contributed by atoms with E-state index in [2.05, 4.69) is 62.1 Å². The first-order valence-electron chi connectivity index (χ1n) is 5.51. The number of nitrogens with zero attached hydrogens (tertiary/aromatic N) is 3. The molecule has 0 unspecified atom stereocenters. The summed E-state index contributed by atoms with van der Waals surface area (Å²) in [6.07, 6.45) is 0. The summed E-state index contributed by atoms with van der Waals surface area (Å²) < 4.78 is 0. The third-order valence-electron chi connectivity index (χ3n) is 2.20. The van der Waals surface area contributed by atoms with Crippen LogP contribution in [-0.2, 0) is 5.41 Å². The molecule has 0 atom stereocenters. The first-order valence-corrected chi connectivity index (χ1v) is 6.50. The van der Waals surface area contributed by atoms with Gasteiger partial charge < -0.3 is 4.90 Å². The van der Waals surface area contributed by atoms with E-state index in [0.717, 1.165) is 23.0 Å². The van der Waals surface area contributed by atoms with E-state index in [1.54, 1.807) is 11.8 Å². The van der Waals surface area contributed by atoms with Gasteiger partial charge in [-0.2, -0.15) is 5.10 Å². The largest absolute Gasteiger partial charge is 0.309 e. The van der Waals surface area contributed by atoms with Gasteiger partial charge in [-0.1, -0.05) is 20.8 Å². The number of aromatic nitrogens is 2. The van der Waals surface area contributed by atoms with E-state index in [1.165, 1.54) is 0 Å². The van der Waals surface area contributed by atoms with Crippen molar-refractivity contribution in [2.45, 2.75) is 31.2 Å². The molecule has 0 saturated heterocycles. The zero-order valence-corrected chi connectivity index (χ0v) is 11.6. The van der Waals surface area contributed by atoms with E-state index >= 15 is 0 Å². The Labute approximate surface area is 103 Å². The molecule has 4 heteroatoms. The smallest absolute Gasteiger partial charge is 0.119 e. The van der Waals surface area contributed by atoms with Crippen molar-refractivity contribution >= 4 is 11.8 Å². The fourth-order valence-corrected chi connectivity index (χ4v) is 2.06. The van der Waals surface area contributed by atoms with E-state index in [0.29, 0.717) is 0 Å². The molecule has 0 amide bonds. The molecule has 1 aromatic rings. The van der Waals surface area contributed by atoms with Crippen molar-refractivity contribution in [1.82, 2.24) is 15.1 Å². The molecular weight excluding hydrogens is 218 g/mol. The molecule has 0 spiro atoms. The molecule has 0 aliphatic heterocycles. The van der Waals surface area contributed by atoms with Gasteiger partial charge >= 0.3 is 0 Å². The first-order chi connectivity index (χ1) is 7.39. The van der Waals surface area contributed by atoms with Gasteiger partial charge in [0.1, 0.15) is 5.03 Å². The van der Waals surface area contributed by atoms with E-state index in [1.807, 2.05) is 0 Å². The second kappa shape index (κ2) is 5.64. The lowest BCUT2D eigenvalue weighted by Gasteiger charge is -2.16. The Morgan fingerprint density at radius 3 is 2.31 bits per heavy atom. The van der Waals surface area contributed by atoms with Crippen LogP contribution < -0.4 is 0 Å². The van der Waals surface area contributed by atoms with Gasteiger partial charge in [-0.05, 0) is 26.2 Å². The van der Waals surface area contributed by atoms with Crippen molar-refractivity contribution in [2.75, 3.05) is 26.4 Å². The van der Waals surface area contributed by atoms with Crippen LogP contribution in [0.2, 0.25) is 0 Å². The topological polar surface area (TPSA) is 29.0 Å². The van der Waals surface area contributed by atoms with Gasteiger partial charge in [-0.25, -0.2) is 0 Å². The maximum absolute atomic E-state index is 4.26. The summed E-state index contributed by atoms with van der Waals surface area (Å²) in [7, 11) is 4.16. The Kier molecular flexibility index (Phi) is 4.74. The number of hydrogen-bond acceptors (Lipinski definition) is 4. The highest BCUT2D eigenvalue weighted by Crippen LogP contribution is 2.21. The minimum atomic E-state index is 0.0832. The van der Waals surface area contributed by atoms with Gasteiger partial charge in [0.15, 0.2) is 0 Å². The van der Waals surface area contributed by atoms with Gasteiger partial charge in [0.25, 0.3) is 0 Å². The van der Waals surface area contributed by atoms with Crippen molar-refractivity contribution in [2.24, 2.45) is 0 Å². The van der Waals surface area contributed by atoms with E-state index in [-0.39, 0.29) is 5.41 Å². The van der Waals surface area contributed by atoms with Crippen LogP contribution in [0.1, 0.15) is 26.5 Å². The van der Waals surface area contributed by atoms with Crippen molar-refractivity contribution < 1.29 is 0 Å². The second-order valence-electron chi connectivity index (χ2n) is 5.16. The highest BCUT2D eigenvalue weighted by Gasteiger charge is 2.15. The van der Waals surface area contributed by atoms with Crippen LogP contribution in [0.5, 0.6) is 0 Å². The lowest BCUT2D eigenvalue weighted by molar-refractivity contribution is 0.437. The minimum absolute atomic E-state index is 0.0832. The third kappa shape index (κ3) is 4.49. The highest BCUT2D eigenvalue weighted by atomic mass is 32.2. The van der Waals surface area contributed by atoms with Gasteiger partial charge in [0.05, 0.1) is 5.69 Å². The average molecular weight is 239 g/mol. The van der Waals surface area contributed by atoms with Crippen LogP contribution >= 0.6 is 11.8 Å². The molecule has 0 N–H and O–H groups in total. The zero-order chi connectivity index (χ0) is 12.2. The Bertz CT molecular complexity index is 314. The highest BCUT2D eigenvalue weighted by molar-refractivity contribution is 7.99. The molecule has 0 aliphatic rings. The standard InChI is InChI=1S/C12H21N3S/c1-12(2,3)10-6-7-11(14-13-10)16-9-8-15(4)5/h6-7H,8-9H2,1-5H3. The van der Waals surface area contributed by atoms with Gasteiger partial charge in [0.2, 0.25) is 0 Å². The van der Waals surface area contributed by atoms with Crippen molar-refractivity contribution in [3.05, 3.63) is 17.8 Å². The van der Waals surface area contributed by atoms with Crippen molar-refractivity contribution in [3.63, 3.8) is 0 Å². The van der Waals surface area contributed by atoms with Gasteiger partial charge in [-0.15, -0.1) is 16.9 Å². The van der Waals surface area contributed by atoms with E-state index < -0.39 is 0 Å². The fraction of sp³-hybridized carbons (Fsp3) is 0.667. The van der Waals surface area contributed by atoms with Crippen LogP contribution in [0.15, 0.2) is 17.2 Å². The first kappa shape index (κ1) is 13.5. The fourth-order valence-electron chi connectivity index (χ4n) is 1.13. The number of rotatable bonds is 4. The van der Waals surface area contributed by atoms with Crippen molar-refractivity contribution in [3.8, 4) is 0 Å². The quantitative estimate of drug-likeness (QED) is 0.755. The summed E-state index contributed by atoms with van der Waals surface area (Å²) >= 11 is 1.75. The van der Waals surface area contributed by atoms with E-state index in [4.69, 9.17) is 0 Å². The SMILES string of the molecule is CN(C)CCSc1ccc(C(C)(C)C)nn1. The molecule has 0 radical (unpaired) electrons. The molecule has 90 valence electrons. The summed E-state index contributed by atoms with van der Waals surface area (Å²) in [6, 6.07) is 4.14. The summed E-state index contributed by atoms with van der Waals surface area (Å²) in [5.41, 5.74) is 1.13. The predicted octanol–water partition coefficient (Wildman–Crippen LogP) is 2.43. The normalized spacial score (nSPS) is 12.1. The predicted molar refractivity (Wildman–Crippen MR) is 70.0 cm³/mol. The Morgan fingerprint density at radius 2 is 1.88 bits per heavy atom. The molecule has 0 fully saturated rings. The molecule has 1 heterocycles. The molecule has 0 bridgehead atoms. The number of thioether (sulfide) groups is 1. The maximum atomic E-state index is 4.26. The third-order valence-corrected chi connectivity index (χ3v) is 3.10. The maximum Gasteiger partial charge on any atom is 0.119 e. The van der Waals surface area contributed by atoms with Crippen LogP contribution in [0, 0.1) is 0 Å². The van der Waals surface area contributed by atoms with Crippen LogP contribution in [0.4, 0.5) is 0 Å². The molecular formula is C12H21N3S.